The molecule has 0 radical (unpaired) electrons. The van der Waals surface area contributed by atoms with Crippen LogP contribution >= 0.6 is 15.9 Å². The Balaban J connectivity index is 1.66. The van der Waals surface area contributed by atoms with E-state index in [1.54, 1.807) is 30.1 Å². The summed E-state index contributed by atoms with van der Waals surface area (Å²) in [4.78, 5) is 33.3. The van der Waals surface area contributed by atoms with E-state index in [2.05, 4.69) is 25.9 Å². The van der Waals surface area contributed by atoms with Crippen LogP contribution in [0.5, 0.6) is 0 Å². The average Bonchev–Trinajstić information content (AvgIpc) is 2.61. The van der Waals surface area contributed by atoms with Crippen molar-refractivity contribution < 1.29 is 4.79 Å². The quantitative estimate of drug-likeness (QED) is 0.715. The summed E-state index contributed by atoms with van der Waals surface area (Å²) >= 11 is 3.49. The Morgan fingerprint density at radius 1 is 1.16 bits per heavy atom. The van der Waals surface area contributed by atoms with Gasteiger partial charge in [0, 0.05) is 30.9 Å². The van der Waals surface area contributed by atoms with Crippen LogP contribution in [0.1, 0.15) is 17.8 Å². The molecule has 0 saturated carbocycles. The molecule has 3 rings (SSSR count). The molecule has 0 aliphatic rings. The van der Waals surface area contributed by atoms with Crippen molar-refractivity contribution in [2.75, 3.05) is 7.05 Å². The Bertz CT molecular complexity index is 968. The molecule has 0 aliphatic carbocycles. The number of halogens is 1. The number of rotatable bonds is 5. The van der Waals surface area contributed by atoms with Crippen molar-refractivity contribution in [2.45, 2.75) is 19.4 Å². The van der Waals surface area contributed by atoms with E-state index in [0.717, 1.165) is 10.0 Å². The summed E-state index contributed by atoms with van der Waals surface area (Å²) in [5.41, 5.74) is 1.53. The number of aromatic amines is 1. The maximum absolute atomic E-state index is 12.4. The molecule has 1 amide bonds. The van der Waals surface area contributed by atoms with Gasteiger partial charge < -0.3 is 9.88 Å². The van der Waals surface area contributed by atoms with Crippen LogP contribution in [-0.2, 0) is 17.8 Å². The number of nitrogens with one attached hydrogen (secondary N) is 1. The first-order valence-corrected chi connectivity index (χ1v) is 8.79. The van der Waals surface area contributed by atoms with Gasteiger partial charge in [-0.05, 0) is 23.8 Å². The summed E-state index contributed by atoms with van der Waals surface area (Å²) in [7, 11) is 1.78. The van der Waals surface area contributed by atoms with Gasteiger partial charge in [-0.2, -0.15) is 0 Å². The monoisotopic (exact) mass is 399 g/mol. The number of H-pyrrole nitrogens is 1. The first-order chi connectivity index (χ1) is 12.0. The van der Waals surface area contributed by atoms with Gasteiger partial charge in [0.15, 0.2) is 0 Å². The van der Waals surface area contributed by atoms with E-state index >= 15 is 0 Å². The fourth-order valence-electron chi connectivity index (χ4n) is 2.64. The molecule has 0 spiro atoms. The van der Waals surface area contributed by atoms with Crippen molar-refractivity contribution >= 4 is 32.7 Å². The second-order valence-electron chi connectivity index (χ2n) is 5.87. The van der Waals surface area contributed by atoms with Crippen molar-refractivity contribution in [3.63, 3.8) is 0 Å². The second-order valence-corrected chi connectivity index (χ2v) is 6.73. The van der Waals surface area contributed by atoms with E-state index in [1.807, 2.05) is 30.3 Å². The van der Waals surface area contributed by atoms with Crippen LogP contribution in [0.15, 0.2) is 57.8 Å². The van der Waals surface area contributed by atoms with Crippen LogP contribution in [0.25, 0.3) is 10.9 Å². The maximum atomic E-state index is 12.4. The number of carbonyl (C=O) groups is 1. The SMILES string of the molecule is CN(Cc1ccccc1Br)C(=O)CCc1nc2ccccc2c(=O)[nH]1. The van der Waals surface area contributed by atoms with Crippen molar-refractivity contribution in [2.24, 2.45) is 0 Å². The Morgan fingerprint density at radius 3 is 2.68 bits per heavy atom. The zero-order chi connectivity index (χ0) is 17.8. The van der Waals surface area contributed by atoms with Gasteiger partial charge >= 0.3 is 0 Å². The van der Waals surface area contributed by atoms with E-state index in [-0.39, 0.29) is 11.5 Å². The molecule has 0 bridgehead atoms. The third kappa shape index (κ3) is 4.14. The molecule has 0 saturated heterocycles. The lowest BCUT2D eigenvalue weighted by molar-refractivity contribution is -0.130. The van der Waals surface area contributed by atoms with Gasteiger partial charge in [0.2, 0.25) is 5.91 Å². The number of para-hydroxylation sites is 1. The Morgan fingerprint density at radius 2 is 1.88 bits per heavy atom. The molecular formula is C19H18BrN3O2. The first kappa shape index (κ1) is 17.4. The molecule has 0 atom stereocenters. The minimum absolute atomic E-state index is 0.00607. The second kappa shape index (κ2) is 7.61. The van der Waals surface area contributed by atoms with Gasteiger partial charge in [0.05, 0.1) is 10.9 Å². The molecule has 3 aromatic rings. The first-order valence-electron chi connectivity index (χ1n) is 8.00. The minimum Gasteiger partial charge on any atom is -0.341 e. The van der Waals surface area contributed by atoms with Gasteiger partial charge in [-0.1, -0.05) is 46.3 Å². The van der Waals surface area contributed by atoms with Gasteiger partial charge in [0.1, 0.15) is 5.82 Å². The number of fused-ring (bicyclic) bond motifs is 1. The van der Waals surface area contributed by atoms with E-state index < -0.39 is 0 Å². The highest BCUT2D eigenvalue weighted by Gasteiger charge is 2.12. The summed E-state index contributed by atoms with van der Waals surface area (Å²) in [5, 5.41) is 0.559. The van der Waals surface area contributed by atoms with Crippen molar-refractivity contribution in [1.82, 2.24) is 14.9 Å². The third-order valence-corrected chi connectivity index (χ3v) is 4.80. The predicted molar refractivity (Wildman–Crippen MR) is 101 cm³/mol. The van der Waals surface area contributed by atoms with Crippen LogP contribution in [0.3, 0.4) is 0 Å². The fraction of sp³-hybridized carbons (Fsp3) is 0.211. The van der Waals surface area contributed by atoms with Crippen molar-refractivity contribution in [3.05, 3.63) is 74.7 Å². The summed E-state index contributed by atoms with van der Waals surface area (Å²) in [6, 6.07) is 15.0. The molecule has 5 nitrogen and oxygen atoms in total. The summed E-state index contributed by atoms with van der Waals surface area (Å²) in [5.74, 6) is 0.540. The molecule has 0 aliphatic heterocycles. The van der Waals surface area contributed by atoms with Crippen LogP contribution < -0.4 is 5.56 Å². The number of aromatic nitrogens is 2. The highest BCUT2D eigenvalue weighted by atomic mass is 79.9. The smallest absolute Gasteiger partial charge is 0.258 e. The topological polar surface area (TPSA) is 66.1 Å². The van der Waals surface area contributed by atoms with Gasteiger partial charge in [-0.3, -0.25) is 9.59 Å². The minimum atomic E-state index is -0.172. The predicted octanol–water partition coefficient (Wildman–Crippen LogP) is 3.28. The lowest BCUT2D eigenvalue weighted by Crippen LogP contribution is -2.27. The molecule has 1 N–H and O–H groups in total. The molecule has 0 fully saturated rings. The summed E-state index contributed by atoms with van der Waals surface area (Å²) < 4.78 is 0.982. The van der Waals surface area contributed by atoms with Crippen molar-refractivity contribution in [1.29, 1.82) is 0 Å². The molecule has 0 unspecified atom stereocenters. The average molecular weight is 400 g/mol. The summed E-state index contributed by atoms with van der Waals surface area (Å²) in [6.07, 6.45) is 0.696. The number of benzene rings is 2. The lowest BCUT2D eigenvalue weighted by atomic mass is 10.2. The van der Waals surface area contributed by atoms with Gasteiger partial charge in [-0.25, -0.2) is 4.98 Å². The molecule has 1 heterocycles. The van der Waals surface area contributed by atoms with E-state index in [9.17, 15) is 9.59 Å². The number of aryl methyl sites for hydroxylation is 1. The molecule has 2 aromatic carbocycles. The van der Waals surface area contributed by atoms with Crippen molar-refractivity contribution in [3.8, 4) is 0 Å². The standard InChI is InChI=1S/C19H18BrN3O2/c1-23(12-13-6-2-4-8-15(13)20)18(24)11-10-17-21-16-9-5-3-7-14(16)19(25)22-17/h2-9H,10-12H2,1H3,(H,21,22,25). The molecule has 1 aromatic heterocycles. The largest absolute Gasteiger partial charge is 0.341 e. The summed E-state index contributed by atoms with van der Waals surface area (Å²) in [6.45, 7) is 0.530. The Hall–Kier alpha value is -2.47. The normalized spacial score (nSPS) is 10.8. The van der Waals surface area contributed by atoms with Gasteiger partial charge in [0.25, 0.3) is 5.56 Å². The van der Waals surface area contributed by atoms with Crippen LogP contribution in [-0.4, -0.2) is 27.8 Å². The fourth-order valence-corrected chi connectivity index (χ4v) is 3.05. The van der Waals surface area contributed by atoms with Crippen LogP contribution in [0, 0.1) is 0 Å². The third-order valence-electron chi connectivity index (χ3n) is 4.03. The number of amides is 1. The number of hydrogen-bond acceptors (Lipinski definition) is 3. The Labute approximate surface area is 153 Å². The van der Waals surface area contributed by atoms with Gasteiger partial charge in [-0.15, -0.1) is 0 Å². The molecular weight excluding hydrogens is 382 g/mol. The molecule has 6 heteroatoms. The number of carbonyl (C=O) groups excluding carboxylic acids is 1. The van der Waals surface area contributed by atoms with Crippen LogP contribution in [0.4, 0.5) is 0 Å². The van der Waals surface area contributed by atoms with E-state index in [4.69, 9.17) is 0 Å². The number of hydrogen-bond donors (Lipinski definition) is 1. The lowest BCUT2D eigenvalue weighted by Gasteiger charge is -2.18. The highest BCUT2D eigenvalue weighted by molar-refractivity contribution is 9.10. The number of nitrogens with zero attached hydrogens (tertiary/aromatic N) is 2. The zero-order valence-corrected chi connectivity index (χ0v) is 15.4. The highest BCUT2D eigenvalue weighted by Crippen LogP contribution is 2.17. The molecule has 128 valence electrons. The van der Waals surface area contributed by atoms with E-state index in [1.165, 1.54) is 0 Å². The Kier molecular flexibility index (Phi) is 5.28. The zero-order valence-electron chi connectivity index (χ0n) is 13.8. The van der Waals surface area contributed by atoms with Crippen LogP contribution in [0.2, 0.25) is 0 Å². The van der Waals surface area contributed by atoms with E-state index in [0.29, 0.717) is 36.1 Å². The maximum Gasteiger partial charge on any atom is 0.258 e. The molecule has 25 heavy (non-hydrogen) atoms.